The Labute approximate surface area is 117 Å². The first-order chi connectivity index (χ1) is 9.78. The largest absolute Gasteiger partial charge is 0.338 e. The minimum Gasteiger partial charge on any atom is -0.338 e. The number of imidazole rings is 2. The summed E-state index contributed by atoms with van der Waals surface area (Å²) in [5, 5.41) is 0. The van der Waals surface area contributed by atoms with E-state index >= 15 is 0 Å². The quantitative estimate of drug-likeness (QED) is 0.532. The van der Waals surface area contributed by atoms with Crippen molar-refractivity contribution >= 4 is 11.0 Å². The molecule has 3 N–H and O–H groups in total. The highest BCUT2D eigenvalue weighted by Crippen LogP contribution is 2.13. The second kappa shape index (κ2) is 5.44. The summed E-state index contributed by atoms with van der Waals surface area (Å²) >= 11 is 0. The third-order valence-electron chi connectivity index (χ3n) is 3.53. The molecule has 104 valence electrons. The topological polar surface area (TPSA) is 73.7 Å². The van der Waals surface area contributed by atoms with E-state index in [9.17, 15) is 0 Å². The highest BCUT2D eigenvalue weighted by Gasteiger charge is 2.13. The summed E-state index contributed by atoms with van der Waals surface area (Å²) in [5.74, 6) is 6.69. The maximum atomic E-state index is 5.68. The Morgan fingerprint density at radius 1 is 1.30 bits per heavy atom. The monoisotopic (exact) mass is 270 g/mol. The van der Waals surface area contributed by atoms with Crippen molar-refractivity contribution in [3.05, 3.63) is 48.8 Å². The lowest BCUT2D eigenvalue weighted by atomic mass is 10.2. The van der Waals surface area contributed by atoms with E-state index in [1.807, 2.05) is 42.3 Å². The number of rotatable bonds is 5. The number of aryl methyl sites for hydroxylation is 1. The average Bonchev–Trinajstić information content (AvgIpc) is 3.06. The van der Waals surface area contributed by atoms with Gasteiger partial charge in [-0.1, -0.05) is 12.1 Å². The van der Waals surface area contributed by atoms with Crippen LogP contribution < -0.4 is 11.3 Å². The van der Waals surface area contributed by atoms with Crippen LogP contribution in [0.5, 0.6) is 0 Å². The third-order valence-corrected chi connectivity index (χ3v) is 3.53. The summed E-state index contributed by atoms with van der Waals surface area (Å²) in [6.45, 7) is 0.754. The van der Waals surface area contributed by atoms with Crippen molar-refractivity contribution in [1.82, 2.24) is 24.5 Å². The van der Waals surface area contributed by atoms with Crippen molar-refractivity contribution in [3.8, 4) is 0 Å². The van der Waals surface area contributed by atoms with E-state index in [2.05, 4.69) is 26.0 Å². The number of hydrogen-bond donors (Lipinski definition) is 2. The highest BCUT2D eigenvalue weighted by atomic mass is 15.3. The number of nitrogens with zero attached hydrogens (tertiary/aromatic N) is 4. The van der Waals surface area contributed by atoms with Gasteiger partial charge < -0.3 is 9.13 Å². The molecule has 6 nitrogen and oxygen atoms in total. The molecular weight excluding hydrogens is 252 g/mol. The van der Waals surface area contributed by atoms with Crippen LogP contribution in [0.25, 0.3) is 11.0 Å². The van der Waals surface area contributed by atoms with Crippen LogP contribution in [-0.4, -0.2) is 25.1 Å². The van der Waals surface area contributed by atoms with Gasteiger partial charge in [0.05, 0.1) is 17.4 Å². The fraction of sp³-hybridized carbons (Fsp3) is 0.286. The molecule has 0 aliphatic rings. The molecule has 20 heavy (non-hydrogen) atoms. The van der Waals surface area contributed by atoms with Gasteiger partial charge in [0.15, 0.2) is 0 Å². The first kappa shape index (κ1) is 12.8. The third kappa shape index (κ3) is 2.43. The number of hydrogen-bond acceptors (Lipinski definition) is 4. The maximum Gasteiger partial charge on any atom is 0.110 e. The number of benzene rings is 1. The van der Waals surface area contributed by atoms with E-state index in [0.29, 0.717) is 0 Å². The van der Waals surface area contributed by atoms with Gasteiger partial charge in [-0.05, 0) is 12.1 Å². The molecule has 0 aliphatic carbocycles. The minimum absolute atomic E-state index is 0.105. The summed E-state index contributed by atoms with van der Waals surface area (Å²) in [6, 6.07) is 8.19. The Morgan fingerprint density at radius 3 is 2.90 bits per heavy atom. The van der Waals surface area contributed by atoms with Gasteiger partial charge in [-0.25, -0.2) is 9.97 Å². The van der Waals surface area contributed by atoms with Gasteiger partial charge in [0.2, 0.25) is 0 Å². The van der Waals surface area contributed by atoms with E-state index < -0.39 is 0 Å². The molecule has 0 amide bonds. The smallest absolute Gasteiger partial charge is 0.110 e. The first-order valence-corrected chi connectivity index (χ1v) is 6.60. The lowest BCUT2D eigenvalue weighted by molar-refractivity contribution is 0.448. The second-order valence-corrected chi connectivity index (χ2v) is 4.91. The lowest BCUT2D eigenvalue weighted by Gasteiger charge is -2.16. The molecule has 3 rings (SSSR count). The van der Waals surface area contributed by atoms with Gasteiger partial charge in [-0.3, -0.25) is 11.3 Å². The van der Waals surface area contributed by atoms with E-state index in [1.165, 1.54) is 0 Å². The van der Waals surface area contributed by atoms with Crippen molar-refractivity contribution < 1.29 is 0 Å². The maximum absolute atomic E-state index is 5.68. The number of nitrogens with one attached hydrogen (secondary N) is 1. The van der Waals surface area contributed by atoms with Gasteiger partial charge in [0, 0.05) is 38.4 Å². The number of aromatic nitrogens is 4. The summed E-state index contributed by atoms with van der Waals surface area (Å²) in [7, 11) is 1.99. The Morgan fingerprint density at radius 2 is 2.15 bits per heavy atom. The molecule has 1 atom stereocenters. The number of fused-ring (bicyclic) bond motifs is 1. The molecule has 0 spiro atoms. The molecule has 0 saturated heterocycles. The lowest BCUT2D eigenvalue weighted by Crippen LogP contribution is -2.40. The number of para-hydroxylation sites is 2. The Kier molecular flexibility index (Phi) is 3.49. The van der Waals surface area contributed by atoms with Crippen LogP contribution >= 0.6 is 0 Å². The van der Waals surface area contributed by atoms with Crippen LogP contribution in [-0.2, 0) is 20.0 Å². The highest BCUT2D eigenvalue weighted by molar-refractivity contribution is 5.74. The Hall–Kier alpha value is -2.18. The van der Waals surface area contributed by atoms with Gasteiger partial charge in [0.1, 0.15) is 5.82 Å². The normalized spacial score (nSPS) is 12.9. The first-order valence-electron chi connectivity index (χ1n) is 6.60. The summed E-state index contributed by atoms with van der Waals surface area (Å²) in [5.41, 5.74) is 4.99. The van der Waals surface area contributed by atoms with Gasteiger partial charge in [0.25, 0.3) is 0 Å². The summed E-state index contributed by atoms with van der Waals surface area (Å²) in [4.78, 5) is 8.73. The Bertz CT molecular complexity index is 698. The fourth-order valence-corrected chi connectivity index (χ4v) is 2.38. The molecule has 2 aromatic heterocycles. The fourth-order valence-electron chi connectivity index (χ4n) is 2.38. The molecule has 0 saturated carbocycles. The van der Waals surface area contributed by atoms with Crippen LogP contribution in [0.1, 0.15) is 5.82 Å². The second-order valence-electron chi connectivity index (χ2n) is 4.91. The van der Waals surface area contributed by atoms with E-state index in [4.69, 9.17) is 5.84 Å². The van der Waals surface area contributed by atoms with Gasteiger partial charge in [-0.2, -0.15) is 0 Å². The van der Waals surface area contributed by atoms with E-state index in [1.54, 1.807) is 6.20 Å². The molecule has 0 fully saturated rings. The van der Waals surface area contributed by atoms with Crippen LogP contribution in [0.4, 0.5) is 0 Å². The molecule has 1 unspecified atom stereocenters. The zero-order valence-electron chi connectivity index (χ0n) is 11.4. The van der Waals surface area contributed by atoms with Crippen molar-refractivity contribution in [1.29, 1.82) is 0 Å². The molecule has 0 bridgehead atoms. The van der Waals surface area contributed by atoms with Crippen molar-refractivity contribution in [2.75, 3.05) is 0 Å². The molecule has 0 radical (unpaired) electrons. The van der Waals surface area contributed by atoms with Crippen LogP contribution in [0.2, 0.25) is 0 Å². The average molecular weight is 270 g/mol. The molecule has 6 heteroatoms. The molecule has 3 aromatic rings. The molecule has 2 heterocycles. The van der Waals surface area contributed by atoms with Crippen LogP contribution in [0.3, 0.4) is 0 Å². The van der Waals surface area contributed by atoms with Crippen molar-refractivity contribution in [2.45, 2.75) is 19.0 Å². The summed E-state index contributed by atoms with van der Waals surface area (Å²) in [6.07, 6.45) is 6.37. The molecule has 1 aromatic carbocycles. The SMILES string of the molecule is Cn1ccnc1CC(Cn1cnc2ccccc21)NN. The van der Waals surface area contributed by atoms with Crippen LogP contribution in [0.15, 0.2) is 43.0 Å². The Balaban J connectivity index is 1.79. The van der Waals surface area contributed by atoms with E-state index in [-0.39, 0.29) is 6.04 Å². The zero-order chi connectivity index (χ0) is 13.9. The van der Waals surface area contributed by atoms with Crippen molar-refractivity contribution in [2.24, 2.45) is 12.9 Å². The minimum atomic E-state index is 0.105. The summed E-state index contributed by atoms with van der Waals surface area (Å²) < 4.78 is 4.12. The standard InChI is InChI=1S/C14H18N6/c1-19-7-6-16-14(19)8-11(18-15)9-20-10-17-12-4-2-3-5-13(12)20/h2-7,10-11,18H,8-9,15H2,1H3. The van der Waals surface area contributed by atoms with Crippen LogP contribution in [0, 0.1) is 0 Å². The van der Waals surface area contributed by atoms with Gasteiger partial charge >= 0.3 is 0 Å². The van der Waals surface area contributed by atoms with Gasteiger partial charge in [-0.15, -0.1) is 0 Å². The predicted molar refractivity (Wildman–Crippen MR) is 77.8 cm³/mol. The predicted octanol–water partition coefficient (Wildman–Crippen LogP) is 0.844. The molecule has 0 aliphatic heterocycles. The zero-order valence-corrected chi connectivity index (χ0v) is 11.4. The number of hydrazine groups is 1. The van der Waals surface area contributed by atoms with Crippen molar-refractivity contribution in [3.63, 3.8) is 0 Å². The molecular formula is C14H18N6. The van der Waals surface area contributed by atoms with E-state index in [0.717, 1.165) is 29.8 Å². The number of nitrogens with two attached hydrogens (primary N) is 1.